The molecule has 1 rings (SSSR count). The van der Waals surface area contributed by atoms with Gasteiger partial charge in [-0.3, -0.25) is 4.79 Å². The van der Waals surface area contributed by atoms with Gasteiger partial charge < -0.3 is 4.90 Å². The molecular formula is C10H12N2OS2. The fourth-order valence-corrected chi connectivity index (χ4v) is 2.21. The third-order valence-corrected chi connectivity index (χ3v) is 3.52. The number of rotatable bonds is 3. The van der Waals surface area contributed by atoms with Crippen LogP contribution < -0.4 is 0 Å². The molecule has 0 saturated carbocycles. The summed E-state index contributed by atoms with van der Waals surface area (Å²) in [6.07, 6.45) is 0.349. The Morgan fingerprint density at radius 3 is 2.93 bits per heavy atom. The van der Waals surface area contributed by atoms with Crippen molar-refractivity contribution >= 4 is 29.9 Å². The maximum atomic E-state index is 11.9. The van der Waals surface area contributed by atoms with Gasteiger partial charge in [-0.05, 0) is 13.0 Å². The van der Waals surface area contributed by atoms with Crippen molar-refractivity contribution in [2.24, 2.45) is 0 Å². The highest BCUT2D eigenvalue weighted by molar-refractivity contribution is 7.80. The molecule has 0 aliphatic rings. The molecule has 1 atom stereocenters. The molecule has 1 aromatic heterocycles. The minimum Gasteiger partial charge on any atom is -0.337 e. The van der Waals surface area contributed by atoms with Crippen LogP contribution in [0.25, 0.3) is 0 Å². The highest BCUT2D eigenvalue weighted by Crippen LogP contribution is 2.20. The Hall–Kier alpha value is -0.990. The van der Waals surface area contributed by atoms with Gasteiger partial charge in [-0.25, -0.2) is 0 Å². The van der Waals surface area contributed by atoms with E-state index in [0.717, 1.165) is 4.90 Å². The predicted molar refractivity (Wildman–Crippen MR) is 63.4 cm³/mol. The number of thiophene rings is 1. The molecule has 0 spiro atoms. The van der Waals surface area contributed by atoms with E-state index >= 15 is 0 Å². The molecule has 1 amide bonds. The predicted octanol–water partition coefficient (Wildman–Crippen LogP) is 2.41. The van der Waals surface area contributed by atoms with Gasteiger partial charge in [-0.15, -0.1) is 24.0 Å². The van der Waals surface area contributed by atoms with Crippen molar-refractivity contribution in [2.75, 3.05) is 7.05 Å². The third-order valence-electron chi connectivity index (χ3n) is 2.16. The normalized spacial score (nSPS) is 11.9. The second-order valence-electron chi connectivity index (χ2n) is 3.30. The number of nitrogens with zero attached hydrogens (tertiary/aromatic N) is 2. The molecule has 0 aliphatic heterocycles. The molecule has 1 unspecified atom stereocenters. The van der Waals surface area contributed by atoms with Crippen molar-refractivity contribution < 1.29 is 4.79 Å². The average Bonchev–Trinajstić information content (AvgIpc) is 2.63. The summed E-state index contributed by atoms with van der Waals surface area (Å²) in [5.74, 6) is -0.0527. The summed E-state index contributed by atoms with van der Waals surface area (Å²) in [5, 5.41) is 10.4. The molecule has 0 bridgehead atoms. The van der Waals surface area contributed by atoms with E-state index in [1.807, 2.05) is 12.3 Å². The molecule has 0 aromatic carbocycles. The fraction of sp³-hybridized carbons (Fsp3) is 0.400. The first kappa shape index (κ1) is 12.1. The molecule has 1 heterocycles. The van der Waals surface area contributed by atoms with Gasteiger partial charge in [0.15, 0.2) is 0 Å². The lowest BCUT2D eigenvalue weighted by Gasteiger charge is -2.22. The molecule has 0 saturated heterocycles. The molecule has 0 N–H and O–H groups in total. The molecular weight excluding hydrogens is 228 g/mol. The summed E-state index contributed by atoms with van der Waals surface area (Å²) in [6.45, 7) is 1.86. The van der Waals surface area contributed by atoms with Crippen LogP contribution in [-0.4, -0.2) is 23.9 Å². The minimum absolute atomic E-state index is 0.0527. The SMILES string of the molecule is CC(CC#N)N(C)C(=O)c1cc(S)cs1. The van der Waals surface area contributed by atoms with E-state index in [1.54, 1.807) is 18.0 Å². The number of hydrogen-bond donors (Lipinski definition) is 1. The molecule has 80 valence electrons. The van der Waals surface area contributed by atoms with E-state index in [-0.39, 0.29) is 11.9 Å². The van der Waals surface area contributed by atoms with E-state index < -0.39 is 0 Å². The zero-order valence-corrected chi connectivity index (χ0v) is 10.3. The van der Waals surface area contributed by atoms with Gasteiger partial charge >= 0.3 is 0 Å². The molecule has 0 fully saturated rings. The van der Waals surface area contributed by atoms with Crippen molar-refractivity contribution in [1.29, 1.82) is 5.26 Å². The van der Waals surface area contributed by atoms with E-state index in [0.29, 0.717) is 11.3 Å². The summed E-state index contributed by atoms with van der Waals surface area (Å²) in [7, 11) is 1.71. The van der Waals surface area contributed by atoms with Crippen molar-refractivity contribution in [1.82, 2.24) is 4.90 Å². The van der Waals surface area contributed by atoms with Crippen LogP contribution in [-0.2, 0) is 0 Å². The molecule has 5 heteroatoms. The Morgan fingerprint density at radius 1 is 1.80 bits per heavy atom. The van der Waals surface area contributed by atoms with Crippen LogP contribution in [0, 0.1) is 11.3 Å². The van der Waals surface area contributed by atoms with Crippen molar-refractivity contribution in [3.63, 3.8) is 0 Å². The maximum Gasteiger partial charge on any atom is 0.263 e. The lowest BCUT2D eigenvalue weighted by molar-refractivity contribution is 0.0751. The minimum atomic E-state index is -0.0621. The topological polar surface area (TPSA) is 44.1 Å². The zero-order chi connectivity index (χ0) is 11.4. The molecule has 15 heavy (non-hydrogen) atoms. The van der Waals surface area contributed by atoms with Gasteiger partial charge in [0, 0.05) is 23.4 Å². The Kier molecular flexibility index (Phi) is 4.18. The average molecular weight is 240 g/mol. The standard InChI is InChI=1S/C10H12N2OS2/c1-7(3-4-11)12(2)10(13)9-5-8(14)6-15-9/h5-7,14H,3H2,1-2H3. The van der Waals surface area contributed by atoms with Crippen molar-refractivity contribution in [2.45, 2.75) is 24.3 Å². The molecule has 3 nitrogen and oxygen atoms in total. The van der Waals surface area contributed by atoms with Crippen LogP contribution in [0.1, 0.15) is 23.0 Å². The third kappa shape index (κ3) is 2.98. The monoisotopic (exact) mass is 240 g/mol. The Labute approximate surface area is 98.7 Å². The van der Waals surface area contributed by atoms with E-state index in [1.165, 1.54) is 11.3 Å². The summed E-state index contributed by atoms with van der Waals surface area (Å²) in [6, 6.07) is 3.73. The highest BCUT2D eigenvalue weighted by atomic mass is 32.1. The second-order valence-corrected chi connectivity index (χ2v) is 4.72. The van der Waals surface area contributed by atoms with Crippen LogP contribution >= 0.6 is 24.0 Å². The molecule has 1 aromatic rings. The number of hydrogen-bond acceptors (Lipinski definition) is 4. The van der Waals surface area contributed by atoms with Gasteiger partial charge in [-0.2, -0.15) is 5.26 Å². The van der Waals surface area contributed by atoms with E-state index in [2.05, 4.69) is 18.7 Å². The van der Waals surface area contributed by atoms with Gasteiger partial charge in [0.2, 0.25) is 0 Å². The van der Waals surface area contributed by atoms with E-state index in [4.69, 9.17) is 5.26 Å². The van der Waals surface area contributed by atoms with Crippen LogP contribution in [0.4, 0.5) is 0 Å². The van der Waals surface area contributed by atoms with Gasteiger partial charge in [0.25, 0.3) is 5.91 Å². The Morgan fingerprint density at radius 2 is 2.47 bits per heavy atom. The zero-order valence-electron chi connectivity index (χ0n) is 8.60. The highest BCUT2D eigenvalue weighted by Gasteiger charge is 2.18. The van der Waals surface area contributed by atoms with Gasteiger partial charge in [0.05, 0.1) is 17.4 Å². The fourth-order valence-electron chi connectivity index (χ4n) is 1.08. The smallest absolute Gasteiger partial charge is 0.263 e. The second kappa shape index (κ2) is 5.19. The first-order chi connectivity index (χ1) is 7.06. The molecule has 0 aliphatic carbocycles. The first-order valence-electron chi connectivity index (χ1n) is 4.48. The number of carbonyl (C=O) groups is 1. The molecule has 0 radical (unpaired) electrons. The summed E-state index contributed by atoms with van der Waals surface area (Å²) in [5.41, 5.74) is 0. The van der Waals surface area contributed by atoms with Crippen LogP contribution in [0.15, 0.2) is 16.3 Å². The van der Waals surface area contributed by atoms with E-state index in [9.17, 15) is 4.79 Å². The lowest BCUT2D eigenvalue weighted by Crippen LogP contribution is -2.34. The summed E-state index contributed by atoms with van der Waals surface area (Å²) >= 11 is 5.52. The van der Waals surface area contributed by atoms with Crippen molar-refractivity contribution in [3.8, 4) is 6.07 Å². The summed E-state index contributed by atoms with van der Waals surface area (Å²) < 4.78 is 0. The number of amides is 1. The number of thiol groups is 1. The van der Waals surface area contributed by atoms with Crippen LogP contribution in [0.5, 0.6) is 0 Å². The lowest BCUT2D eigenvalue weighted by atomic mass is 10.2. The number of carbonyl (C=O) groups excluding carboxylic acids is 1. The maximum absolute atomic E-state index is 11.9. The Balaban J connectivity index is 2.73. The Bertz CT molecular complexity index is 394. The van der Waals surface area contributed by atoms with Gasteiger partial charge in [0.1, 0.15) is 0 Å². The summed E-state index contributed by atoms with van der Waals surface area (Å²) in [4.78, 5) is 14.9. The quantitative estimate of drug-likeness (QED) is 0.825. The van der Waals surface area contributed by atoms with Crippen LogP contribution in [0.2, 0.25) is 0 Å². The largest absolute Gasteiger partial charge is 0.337 e. The number of nitriles is 1. The van der Waals surface area contributed by atoms with Gasteiger partial charge in [-0.1, -0.05) is 0 Å². The van der Waals surface area contributed by atoms with Crippen LogP contribution in [0.3, 0.4) is 0 Å². The first-order valence-corrected chi connectivity index (χ1v) is 5.80. The van der Waals surface area contributed by atoms with Crippen molar-refractivity contribution in [3.05, 3.63) is 16.3 Å².